The molecule has 0 spiro atoms. The van der Waals surface area contributed by atoms with Crippen molar-refractivity contribution in [2.45, 2.75) is 38.7 Å². The largest absolute Gasteiger partial charge is 0.496 e. The highest BCUT2D eigenvalue weighted by Gasteiger charge is 2.21. The number of hydrogen-bond acceptors (Lipinski definition) is 4. The fourth-order valence-electron chi connectivity index (χ4n) is 3.31. The number of piperidine rings is 1. The Bertz CT molecular complexity index is 557. The van der Waals surface area contributed by atoms with Crippen molar-refractivity contribution in [3.63, 3.8) is 0 Å². The molecular formula is C21H35N3O3. The van der Waals surface area contributed by atoms with E-state index in [0.717, 1.165) is 76.8 Å². The van der Waals surface area contributed by atoms with E-state index in [9.17, 15) is 0 Å². The molecule has 0 bridgehead atoms. The van der Waals surface area contributed by atoms with Gasteiger partial charge in [-0.15, -0.1) is 0 Å². The molecule has 0 radical (unpaired) electrons. The molecule has 2 rings (SSSR count). The molecule has 1 aromatic rings. The van der Waals surface area contributed by atoms with E-state index in [4.69, 9.17) is 19.2 Å². The second-order valence-corrected chi connectivity index (χ2v) is 6.70. The second kappa shape index (κ2) is 12.6. The summed E-state index contributed by atoms with van der Waals surface area (Å²) in [7, 11) is 3.45. The van der Waals surface area contributed by atoms with Crippen molar-refractivity contribution in [3.05, 3.63) is 29.8 Å². The van der Waals surface area contributed by atoms with Crippen LogP contribution < -0.4 is 10.1 Å². The molecule has 1 saturated heterocycles. The molecule has 1 aromatic carbocycles. The monoisotopic (exact) mass is 377 g/mol. The highest BCUT2D eigenvalue weighted by atomic mass is 16.5. The minimum Gasteiger partial charge on any atom is -0.496 e. The first-order chi connectivity index (χ1) is 13.3. The van der Waals surface area contributed by atoms with E-state index in [0.29, 0.717) is 6.10 Å². The summed E-state index contributed by atoms with van der Waals surface area (Å²) < 4.78 is 16.5. The third-order valence-corrected chi connectivity index (χ3v) is 4.76. The summed E-state index contributed by atoms with van der Waals surface area (Å²) in [4.78, 5) is 7.19. The molecule has 6 heteroatoms. The van der Waals surface area contributed by atoms with E-state index in [1.54, 1.807) is 14.2 Å². The summed E-state index contributed by atoms with van der Waals surface area (Å²) in [5.41, 5.74) is 1.20. The van der Waals surface area contributed by atoms with Crippen LogP contribution >= 0.6 is 0 Å². The maximum absolute atomic E-state index is 5.96. The zero-order chi connectivity index (χ0) is 19.3. The first kappa shape index (κ1) is 21.5. The van der Waals surface area contributed by atoms with E-state index < -0.39 is 0 Å². The van der Waals surface area contributed by atoms with E-state index in [2.05, 4.69) is 23.2 Å². The zero-order valence-electron chi connectivity index (χ0n) is 17.1. The van der Waals surface area contributed by atoms with Crippen molar-refractivity contribution in [3.8, 4) is 5.75 Å². The second-order valence-electron chi connectivity index (χ2n) is 6.70. The van der Waals surface area contributed by atoms with Gasteiger partial charge in [0.1, 0.15) is 5.75 Å². The molecule has 1 aliphatic rings. The Hall–Kier alpha value is -1.79. The lowest BCUT2D eigenvalue weighted by atomic mass is 10.1. The lowest BCUT2D eigenvalue weighted by Gasteiger charge is -2.34. The average Bonchev–Trinajstić information content (AvgIpc) is 2.71. The Morgan fingerprint density at radius 1 is 1.19 bits per heavy atom. The summed E-state index contributed by atoms with van der Waals surface area (Å²) in [6.07, 6.45) is 4.28. The van der Waals surface area contributed by atoms with Gasteiger partial charge in [0.25, 0.3) is 0 Å². The van der Waals surface area contributed by atoms with Crippen molar-refractivity contribution in [1.29, 1.82) is 0 Å². The number of nitrogens with one attached hydrogen (secondary N) is 1. The van der Waals surface area contributed by atoms with E-state index in [1.165, 1.54) is 5.56 Å². The molecule has 1 heterocycles. The number of likely N-dealkylation sites (tertiary alicyclic amines) is 1. The number of aliphatic imine (C=N–C) groups is 1. The number of hydrogen-bond donors (Lipinski definition) is 1. The van der Waals surface area contributed by atoms with Crippen molar-refractivity contribution >= 4 is 5.96 Å². The number of ether oxygens (including phenoxy) is 3. The topological polar surface area (TPSA) is 55.3 Å². The van der Waals surface area contributed by atoms with Crippen LogP contribution in [0.2, 0.25) is 0 Å². The fourth-order valence-corrected chi connectivity index (χ4v) is 3.31. The molecule has 0 aliphatic carbocycles. The van der Waals surface area contributed by atoms with Gasteiger partial charge in [-0.2, -0.15) is 0 Å². The first-order valence-corrected chi connectivity index (χ1v) is 10.0. The maximum Gasteiger partial charge on any atom is 0.193 e. The van der Waals surface area contributed by atoms with Crippen LogP contribution in [0.25, 0.3) is 0 Å². The van der Waals surface area contributed by atoms with Crippen LogP contribution in [0.15, 0.2) is 29.3 Å². The van der Waals surface area contributed by atoms with Crippen LogP contribution in [0.3, 0.4) is 0 Å². The molecule has 152 valence electrons. The predicted octanol–water partition coefficient (Wildman–Crippen LogP) is 2.72. The van der Waals surface area contributed by atoms with Crippen molar-refractivity contribution in [2.24, 2.45) is 4.99 Å². The highest BCUT2D eigenvalue weighted by molar-refractivity contribution is 5.80. The van der Waals surface area contributed by atoms with Gasteiger partial charge in [0.05, 0.1) is 13.2 Å². The van der Waals surface area contributed by atoms with Gasteiger partial charge in [-0.05, 0) is 44.2 Å². The number of rotatable bonds is 10. The molecule has 0 atom stereocenters. The lowest BCUT2D eigenvalue weighted by Crippen LogP contribution is -2.47. The van der Waals surface area contributed by atoms with Gasteiger partial charge in [-0.3, -0.25) is 4.99 Å². The van der Waals surface area contributed by atoms with Crippen molar-refractivity contribution in [2.75, 3.05) is 53.6 Å². The molecule has 1 aliphatic heterocycles. The van der Waals surface area contributed by atoms with Crippen LogP contribution in [0, 0.1) is 0 Å². The molecule has 1 N–H and O–H groups in total. The SMILES string of the molecule is CCNC(=NCCc1ccccc1OC)N1CCC(OCCCOC)CC1. The molecular weight excluding hydrogens is 342 g/mol. The Morgan fingerprint density at radius 2 is 1.96 bits per heavy atom. The molecule has 1 fully saturated rings. The minimum absolute atomic E-state index is 0.356. The van der Waals surface area contributed by atoms with E-state index in [1.807, 2.05) is 18.2 Å². The summed E-state index contributed by atoms with van der Waals surface area (Å²) in [6, 6.07) is 8.15. The molecule has 0 aromatic heterocycles. The van der Waals surface area contributed by atoms with Gasteiger partial charge in [-0.1, -0.05) is 18.2 Å². The Kier molecular flexibility index (Phi) is 10.0. The lowest BCUT2D eigenvalue weighted by molar-refractivity contribution is 0.00991. The molecule has 6 nitrogen and oxygen atoms in total. The number of guanidine groups is 1. The van der Waals surface area contributed by atoms with Gasteiger partial charge in [0.2, 0.25) is 0 Å². The number of benzene rings is 1. The van der Waals surface area contributed by atoms with Gasteiger partial charge < -0.3 is 24.4 Å². The summed E-state index contributed by atoms with van der Waals surface area (Å²) in [5, 5.41) is 3.43. The molecule has 0 saturated carbocycles. The summed E-state index contributed by atoms with van der Waals surface area (Å²) in [5.74, 6) is 1.94. The van der Waals surface area contributed by atoms with Gasteiger partial charge in [0.15, 0.2) is 5.96 Å². The summed E-state index contributed by atoms with van der Waals surface area (Å²) in [6.45, 7) is 7.25. The molecule has 0 unspecified atom stereocenters. The minimum atomic E-state index is 0.356. The number of methoxy groups -OCH3 is 2. The Balaban J connectivity index is 1.81. The zero-order valence-corrected chi connectivity index (χ0v) is 17.1. The standard InChI is InChI=1S/C21H35N3O3/c1-4-22-21(23-13-10-18-8-5-6-9-20(18)26-3)24-14-11-19(12-15-24)27-17-7-16-25-2/h5-6,8-9,19H,4,7,10-17H2,1-3H3,(H,22,23). The predicted molar refractivity (Wildman–Crippen MR) is 110 cm³/mol. The van der Waals surface area contributed by atoms with Crippen LogP contribution in [0.4, 0.5) is 0 Å². The van der Waals surface area contributed by atoms with Gasteiger partial charge >= 0.3 is 0 Å². The van der Waals surface area contributed by atoms with Crippen LogP contribution in [-0.4, -0.2) is 70.6 Å². The van der Waals surface area contributed by atoms with Crippen molar-refractivity contribution < 1.29 is 14.2 Å². The van der Waals surface area contributed by atoms with Crippen LogP contribution in [-0.2, 0) is 15.9 Å². The third-order valence-electron chi connectivity index (χ3n) is 4.76. The summed E-state index contributed by atoms with van der Waals surface area (Å²) >= 11 is 0. The Labute approximate surface area is 163 Å². The normalized spacial score (nSPS) is 15.8. The first-order valence-electron chi connectivity index (χ1n) is 10.0. The van der Waals surface area contributed by atoms with E-state index >= 15 is 0 Å². The molecule has 0 amide bonds. The Morgan fingerprint density at radius 3 is 2.67 bits per heavy atom. The maximum atomic E-state index is 5.96. The van der Waals surface area contributed by atoms with E-state index in [-0.39, 0.29) is 0 Å². The number of para-hydroxylation sites is 1. The van der Waals surface area contributed by atoms with Crippen molar-refractivity contribution in [1.82, 2.24) is 10.2 Å². The third kappa shape index (κ3) is 7.39. The van der Waals surface area contributed by atoms with Gasteiger partial charge in [0, 0.05) is 46.5 Å². The van der Waals surface area contributed by atoms with Crippen LogP contribution in [0.1, 0.15) is 31.7 Å². The number of nitrogens with zero attached hydrogens (tertiary/aromatic N) is 2. The highest BCUT2D eigenvalue weighted by Crippen LogP contribution is 2.18. The van der Waals surface area contributed by atoms with Gasteiger partial charge in [-0.25, -0.2) is 0 Å². The average molecular weight is 378 g/mol. The quantitative estimate of drug-likeness (QED) is 0.386. The fraction of sp³-hybridized carbons (Fsp3) is 0.667. The smallest absolute Gasteiger partial charge is 0.193 e. The van der Waals surface area contributed by atoms with Crippen LogP contribution in [0.5, 0.6) is 5.75 Å². The molecule has 27 heavy (non-hydrogen) atoms.